The summed E-state index contributed by atoms with van der Waals surface area (Å²) in [5.74, 6) is 0. The first-order valence-electron chi connectivity index (χ1n) is 10.0. The van der Waals surface area contributed by atoms with Crippen molar-refractivity contribution < 1.29 is 13.0 Å². The molecule has 6 heteroatoms. The number of hydrogen-bond acceptors (Lipinski definition) is 3. The van der Waals surface area contributed by atoms with Crippen LogP contribution in [0, 0.1) is 0 Å². The SMILES string of the molecule is CCCCCCCCCCCCc1ccccc1S(=O)(=O)O.c1c[nH]cn1. The number of nitrogens with one attached hydrogen (secondary N) is 1. The molecule has 2 aromatic rings. The minimum atomic E-state index is -4.10. The zero-order valence-corrected chi connectivity index (χ0v) is 17.3. The fourth-order valence-corrected chi connectivity index (χ4v) is 3.73. The number of aromatic nitrogens is 2. The third kappa shape index (κ3) is 11.6. The van der Waals surface area contributed by atoms with Crippen molar-refractivity contribution in [2.45, 2.75) is 82.4 Å². The molecular weight excluding hydrogens is 360 g/mol. The molecule has 0 saturated heterocycles. The molecule has 0 amide bonds. The molecule has 0 spiro atoms. The minimum absolute atomic E-state index is 0.0610. The molecule has 152 valence electrons. The van der Waals surface area contributed by atoms with Crippen LogP contribution in [0.2, 0.25) is 0 Å². The lowest BCUT2D eigenvalue weighted by molar-refractivity contribution is 0.481. The van der Waals surface area contributed by atoms with Gasteiger partial charge in [0.2, 0.25) is 0 Å². The van der Waals surface area contributed by atoms with Crippen LogP contribution in [-0.2, 0) is 16.5 Å². The first-order chi connectivity index (χ1) is 13.1. The van der Waals surface area contributed by atoms with Crippen LogP contribution in [0.25, 0.3) is 0 Å². The van der Waals surface area contributed by atoms with E-state index < -0.39 is 10.1 Å². The Morgan fingerprint density at radius 3 is 2.00 bits per heavy atom. The quantitative estimate of drug-likeness (QED) is 0.352. The van der Waals surface area contributed by atoms with Crippen LogP contribution in [0.3, 0.4) is 0 Å². The van der Waals surface area contributed by atoms with E-state index in [9.17, 15) is 13.0 Å². The average molecular weight is 395 g/mol. The van der Waals surface area contributed by atoms with Crippen LogP contribution in [0.15, 0.2) is 47.9 Å². The smallest absolute Gasteiger partial charge is 0.294 e. The van der Waals surface area contributed by atoms with Crippen molar-refractivity contribution in [3.8, 4) is 0 Å². The molecular formula is C21H34N2O3S. The van der Waals surface area contributed by atoms with E-state index in [0.717, 1.165) is 18.4 Å². The number of nitrogens with zero attached hydrogens (tertiary/aromatic N) is 1. The Labute approximate surface area is 164 Å². The van der Waals surface area contributed by atoms with E-state index in [1.54, 1.807) is 30.9 Å². The molecule has 0 aliphatic rings. The Hall–Kier alpha value is -1.66. The van der Waals surface area contributed by atoms with Crippen molar-refractivity contribution in [3.63, 3.8) is 0 Å². The maximum Gasteiger partial charge on any atom is 0.294 e. The highest BCUT2D eigenvalue weighted by molar-refractivity contribution is 7.85. The monoisotopic (exact) mass is 394 g/mol. The highest BCUT2D eigenvalue weighted by atomic mass is 32.2. The van der Waals surface area contributed by atoms with Gasteiger partial charge in [-0.05, 0) is 24.5 Å². The Bertz CT molecular complexity index is 668. The van der Waals surface area contributed by atoms with Gasteiger partial charge in [0.05, 0.1) is 11.2 Å². The number of imidazole rings is 1. The zero-order chi connectivity index (χ0) is 19.8. The van der Waals surface area contributed by atoms with E-state index in [1.807, 2.05) is 6.07 Å². The van der Waals surface area contributed by atoms with Gasteiger partial charge in [-0.2, -0.15) is 8.42 Å². The molecule has 27 heavy (non-hydrogen) atoms. The zero-order valence-electron chi connectivity index (χ0n) is 16.4. The summed E-state index contributed by atoms with van der Waals surface area (Å²) in [7, 11) is -4.10. The molecule has 0 unspecified atom stereocenters. The Balaban J connectivity index is 0.000000625. The van der Waals surface area contributed by atoms with Crippen molar-refractivity contribution in [3.05, 3.63) is 48.5 Å². The molecule has 2 N–H and O–H groups in total. The van der Waals surface area contributed by atoms with Crippen molar-refractivity contribution in [1.29, 1.82) is 0 Å². The van der Waals surface area contributed by atoms with Crippen molar-refractivity contribution in [2.75, 3.05) is 0 Å². The third-order valence-corrected chi connectivity index (χ3v) is 5.41. The fourth-order valence-electron chi connectivity index (χ4n) is 2.98. The van der Waals surface area contributed by atoms with Gasteiger partial charge in [-0.1, -0.05) is 82.9 Å². The lowest BCUT2D eigenvalue weighted by Crippen LogP contribution is -2.03. The summed E-state index contributed by atoms with van der Waals surface area (Å²) in [4.78, 5) is 6.48. The van der Waals surface area contributed by atoms with Gasteiger partial charge in [0, 0.05) is 12.4 Å². The molecule has 0 radical (unpaired) electrons. The first kappa shape index (κ1) is 23.4. The molecule has 1 heterocycles. The van der Waals surface area contributed by atoms with E-state index in [4.69, 9.17) is 0 Å². The van der Waals surface area contributed by atoms with Gasteiger partial charge in [0.1, 0.15) is 0 Å². The molecule has 0 fully saturated rings. The minimum Gasteiger partial charge on any atom is -0.351 e. The fraction of sp³-hybridized carbons (Fsp3) is 0.571. The van der Waals surface area contributed by atoms with E-state index in [0.29, 0.717) is 6.42 Å². The predicted octanol–water partition coefficient (Wildman–Crippen LogP) is 5.81. The van der Waals surface area contributed by atoms with Gasteiger partial charge >= 0.3 is 0 Å². The largest absolute Gasteiger partial charge is 0.351 e. The van der Waals surface area contributed by atoms with Crippen LogP contribution in [0.4, 0.5) is 0 Å². The van der Waals surface area contributed by atoms with Crippen molar-refractivity contribution in [2.24, 2.45) is 0 Å². The topological polar surface area (TPSA) is 83.0 Å². The summed E-state index contributed by atoms with van der Waals surface area (Å²) in [5, 5.41) is 0. The van der Waals surface area contributed by atoms with Crippen LogP contribution in [0.5, 0.6) is 0 Å². The van der Waals surface area contributed by atoms with Crippen LogP contribution in [0.1, 0.15) is 76.7 Å². The summed E-state index contributed by atoms with van der Waals surface area (Å²) in [6.07, 6.45) is 18.4. The van der Waals surface area contributed by atoms with Gasteiger partial charge in [-0.15, -0.1) is 0 Å². The lowest BCUT2D eigenvalue weighted by Gasteiger charge is -2.07. The Morgan fingerprint density at radius 2 is 1.52 bits per heavy atom. The lowest BCUT2D eigenvalue weighted by atomic mass is 10.0. The van der Waals surface area contributed by atoms with E-state index >= 15 is 0 Å². The van der Waals surface area contributed by atoms with Crippen LogP contribution >= 0.6 is 0 Å². The van der Waals surface area contributed by atoms with Gasteiger partial charge < -0.3 is 4.98 Å². The molecule has 0 bridgehead atoms. The number of H-pyrrole nitrogens is 1. The third-order valence-electron chi connectivity index (χ3n) is 4.46. The van der Waals surface area contributed by atoms with Gasteiger partial charge in [0.15, 0.2) is 0 Å². The highest BCUT2D eigenvalue weighted by Crippen LogP contribution is 2.18. The van der Waals surface area contributed by atoms with Crippen LogP contribution in [-0.4, -0.2) is 22.9 Å². The summed E-state index contributed by atoms with van der Waals surface area (Å²) < 4.78 is 31.8. The molecule has 2 rings (SSSR count). The van der Waals surface area contributed by atoms with Gasteiger partial charge in [-0.25, -0.2) is 4.98 Å². The molecule has 0 aliphatic heterocycles. The maximum atomic E-state index is 11.3. The molecule has 0 atom stereocenters. The van der Waals surface area contributed by atoms with Crippen molar-refractivity contribution in [1.82, 2.24) is 9.97 Å². The molecule has 1 aromatic carbocycles. The molecule has 0 aliphatic carbocycles. The standard InChI is InChI=1S/C18H30O3S.C3H4N2/c1-2-3-4-5-6-7-8-9-10-11-14-17-15-12-13-16-18(17)22(19,20)21;1-2-5-3-4-1/h12-13,15-16H,2-11,14H2,1H3,(H,19,20,21);1-3H,(H,4,5). The summed E-state index contributed by atoms with van der Waals surface area (Å²) >= 11 is 0. The number of aryl methyl sites for hydroxylation is 1. The van der Waals surface area contributed by atoms with Gasteiger partial charge in [-0.3, -0.25) is 4.55 Å². The van der Waals surface area contributed by atoms with E-state index in [-0.39, 0.29) is 4.90 Å². The number of rotatable bonds is 12. The number of hydrogen-bond donors (Lipinski definition) is 2. The number of aromatic amines is 1. The summed E-state index contributed by atoms with van der Waals surface area (Å²) in [6, 6.07) is 6.73. The first-order valence-corrected chi connectivity index (χ1v) is 11.5. The summed E-state index contributed by atoms with van der Waals surface area (Å²) in [5.41, 5.74) is 0.726. The van der Waals surface area contributed by atoms with Gasteiger partial charge in [0.25, 0.3) is 10.1 Å². The molecule has 1 aromatic heterocycles. The maximum absolute atomic E-state index is 11.3. The Kier molecular flexibility index (Phi) is 12.5. The van der Waals surface area contributed by atoms with E-state index in [1.165, 1.54) is 57.4 Å². The average Bonchev–Trinajstić information content (AvgIpc) is 3.23. The second-order valence-electron chi connectivity index (χ2n) is 6.78. The number of benzene rings is 1. The van der Waals surface area contributed by atoms with Crippen molar-refractivity contribution >= 4 is 10.1 Å². The second-order valence-corrected chi connectivity index (χ2v) is 8.17. The molecule has 5 nitrogen and oxygen atoms in total. The summed E-state index contributed by atoms with van der Waals surface area (Å²) in [6.45, 7) is 2.24. The van der Waals surface area contributed by atoms with Crippen LogP contribution < -0.4 is 0 Å². The second kappa shape index (κ2) is 14.4. The highest BCUT2D eigenvalue weighted by Gasteiger charge is 2.13. The predicted molar refractivity (Wildman–Crippen MR) is 110 cm³/mol. The normalized spacial score (nSPS) is 11.0. The molecule has 0 saturated carbocycles. The number of unbranched alkanes of at least 4 members (excludes halogenated alkanes) is 9. The van der Waals surface area contributed by atoms with E-state index in [2.05, 4.69) is 16.9 Å². The Morgan fingerprint density at radius 1 is 0.926 bits per heavy atom.